The van der Waals surface area contributed by atoms with Crippen LogP contribution in [-0.2, 0) is 10.3 Å². The largest absolute Gasteiger partial charge is 0.618 e. The summed E-state index contributed by atoms with van der Waals surface area (Å²) < 4.78 is 6.57. The number of rotatable bonds is 5. The lowest BCUT2D eigenvalue weighted by Gasteiger charge is -2.20. The first-order valence-electron chi connectivity index (χ1n) is 12.0. The van der Waals surface area contributed by atoms with Gasteiger partial charge in [0, 0.05) is 28.3 Å². The van der Waals surface area contributed by atoms with E-state index < -0.39 is 17.8 Å². The van der Waals surface area contributed by atoms with Gasteiger partial charge in [-0.2, -0.15) is 9.41 Å². The van der Waals surface area contributed by atoms with Crippen LogP contribution >= 0.6 is 11.6 Å². The summed E-state index contributed by atoms with van der Waals surface area (Å²) in [6.07, 6.45) is 2.32. The van der Waals surface area contributed by atoms with E-state index in [0.29, 0.717) is 37.9 Å². The maximum Gasteiger partial charge on any atom is 0.411 e. The number of ether oxygens (including phenoxy) is 1. The van der Waals surface area contributed by atoms with Crippen molar-refractivity contribution in [2.75, 3.05) is 12.4 Å². The Bertz CT molecular complexity index is 1720. The maximum absolute atomic E-state index is 13.4. The van der Waals surface area contributed by atoms with Crippen molar-refractivity contribution in [2.24, 2.45) is 0 Å². The van der Waals surface area contributed by atoms with Crippen molar-refractivity contribution < 1.29 is 24.5 Å². The molecular formula is C26H21ClN8O5. The molecule has 4 N–H and O–H groups in total. The van der Waals surface area contributed by atoms with Crippen LogP contribution < -0.4 is 10.0 Å². The summed E-state index contributed by atoms with van der Waals surface area (Å²) in [5.74, 6) is 0.103. The summed E-state index contributed by atoms with van der Waals surface area (Å²) >= 11 is 6.26. The monoisotopic (exact) mass is 560 g/mol. The Morgan fingerprint density at radius 3 is 2.77 bits per heavy atom. The molecule has 0 saturated heterocycles. The molecule has 1 amide bonds. The van der Waals surface area contributed by atoms with Crippen LogP contribution in [0.1, 0.15) is 29.6 Å². The fourth-order valence-electron chi connectivity index (χ4n) is 4.90. The van der Waals surface area contributed by atoms with Gasteiger partial charge >= 0.3 is 6.09 Å². The maximum atomic E-state index is 13.4. The molecule has 3 heterocycles. The molecule has 0 saturated carbocycles. The highest BCUT2D eigenvalue weighted by molar-refractivity contribution is 6.31. The van der Waals surface area contributed by atoms with Crippen LogP contribution in [0, 0.1) is 5.21 Å². The van der Waals surface area contributed by atoms with Crippen LogP contribution in [0.4, 0.5) is 10.5 Å². The highest BCUT2D eigenvalue weighted by Crippen LogP contribution is 2.46. The lowest BCUT2D eigenvalue weighted by atomic mass is 9.98. The van der Waals surface area contributed by atoms with Crippen LogP contribution in [0.2, 0.25) is 5.02 Å². The lowest BCUT2D eigenvalue weighted by Crippen LogP contribution is -2.42. The van der Waals surface area contributed by atoms with E-state index in [9.17, 15) is 20.2 Å². The van der Waals surface area contributed by atoms with Gasteiger partial charge < -0.3 is 25.1 Å². The third kappa shape index (κ3) is 4.31. The Balaban J connectivity index is 1.36. The van der Waals surface area contributed by atoms with E-state index in [1.54, 1.807) is 48.5 Å². The first-order valence-corrected chi connectivity index (χ1v) is 12.4. The first kappa shape index (κ1) is 25.4. The molecule has 2 aromatic carbocycles. The first-order chi connectivity index (χ1) is 19.3. The van der Waals surface area contributed by atoms with Crippen molar-refractivity contribution in [3.63, 3.8) is 0 Å². The number of imidazole rings is 1. The van der Waals surface area contributed by atoms with Gasteiger partial charge in [0.25, 0.3) is 0 Å². The summed E-state index contributed by atoms with van der Waals surface area (Å²) in [7, 11) is 1.27. The molecule has 13 nitrogen and oxygen atoms in total. The zero-order valence-electron chi connectivity index (χ0n) is 20.8. The van der Waals surface area contributed by atoms with Crippen molar-refractivity contribution in [3.05, 3.63) is 94.6 Å². The number of tetrazole rings is 1. The van der Waals surface area contributed by atoms with Gasteiger partial charge in [0.2, 0.25) is 11.3 Å². The zero-order valence-corrected chi connectivity index (χ0v) is 21.6. The Hall–Kier alpha value is -4.85. The highest BCUT2D eigenvalue weighted by Gasteiger charge is 2.52. The van der Waals surface area contributed by atoms with Crippen molar-refractivity contribution in [3.8, 4) is 28.1 Å². The third-order valence-electron chi connectivity index (χ3n) is 6.76. The van der Waals surface area contributed by atoms with Crippen molar-refractivity contribution >= 4 is 23.4 Å². The van der Waals surface area contributed by atoms with Gasteiger partial charge in [-0.05, 0) is 52.4 Å². The minimum absolute atomic E-state index is 0.0340. The third-order valence-corrected chi connectivity index (χ3v) is 7.00. The van der Waals surface area contributed by atoms with E-state index in [-0.39, 0.29) is 23.5 Å². The molecule has 0 spiro atoms. The van der Waals surface area contributed by atoms with Crippen LogP contribution in [0.3, 0.4) is 0 Å². The number of fused-ring (bicyclic) bond motifs is 1. The number of hydrogen-bond acceptors (Lipinski definition) is 9. The van der Waals surface area contributed by atoms with E-state index in [4.69, 9.17) is 11.6 Å². The Morgan fingerprint density at radius 2 is 2.05 bits per heavy atom. The number of methoxy groups -OCH3 is 1. The van der Waals surface area contributed by atoms with E-state index in [2.05, 4.69) is 35.5 Å². The summed E-state index contributed by atoms with van der Waals surface area (Å²) in [6, 6.07) is 13.6. The second kappa shape index (κ2) is 9.72. The van der Waals surface area contributed by atoms with E-state index >= 15 is 0 Å². The van der Waals surface area contributed by atoms with Gasteiger partial charge in [0.15, 0.2) is 6.20 Å². The number of hydrogen-bond donors (Lipinski definition) is 4. The Labute approximate surface area is 231 Å². The van der Waals surface area contributed by atoms with Gasteiger partial charge in [0.05, 0.1) is 36.4 Å². The molecule has 0 fully saturated rings. The normalized spacial score (nSPS) is 17.9. The molecule has 0 bridgehead atoms. The highest BCUT2D eigenvalue weighted by atomic mass is 35.5. The van der Waals surface area contributed by atoms with Gasteiger partial charge in [-0.15, -0.1) is 5.10 Å². The predicted molar refractivity (Wildman–Crippen MR) is 141 cm³/mol. The topological polar surface area (TPSA) is 178 Å². The zero-order chi connectivity index (χ0) is 28.0. The molecule has 14 heteroatoms. The average Bonchev–Trinajstić information content (AvgIpc) is 3.70. The molecule has 1 aliphatic rings. The molecule has 0 aliphatic heterocycles. The van der Waals surface area contributed by atoms with Gasteiger partial charge in [-0.1, -0.05) is 23.7 Å². The van der Waals surface area contributed by atoms with Crippen molar-refractivity contribution in [1.82, 2.24) is 30.2 Å². The standard InChI is InChI=1S/C26H21ClN8O5/c1-40-25(37)30-17-5-2-14(3-6-17)20-11-28-24(31-20)26(38)10-22(36)19-8-15(12-35(39)23(19)26)18-9-16(27)4-7-21(18)34-13-29-32-33-34/h2-9,11-13,22,36,38H,10H2,1H3,(H,28,31)(H,30,37). The lowest BCUT2D eigenvalue weighted by molar-refractivity contribution is -0.620. The number of benzene rings is 2. The molecule has 0 radical (unpaired) electrons. The number of amides is 1. The Kier molecular flexibility index (Phi) is 6.18. The number of halogens is 1. The minimum Gasteiger partial charge on any atom is -0.618 e. The van der Waals surface area contributed by atoms with Crippen LogP contribution in [0.5, 0.6) is 0 Å². The predicted octanol–water partition coefficient (Wildman–Crippen LogP) is 2.86. The minimum atomic E-state index is -1.88. The van der Waals surface area contributed by atoms with Gasteiger partial charge in [-0.25, -0.2) is 9.78 Å². The number of aliphatic hydroxyl groups excluding tert-OH is 1. The number of aliphatic hydroxyl groups is 2. The van der Waals surface area contributed by atoms with Crippen molar-refractivity contribution in [2.45, 2.75) is 18.1 Å². The number of anilines is 1. The quantitative estimate of drug-likeness (QED) is 0.186. The summed E-state index contributed by atoms with van der Waals surface area (Å²) in [4.78, 5) is 18.8. The number of carbonyl (C=O) groups excluding carboxylic acids is 1. The van der Waals surface area contributed by atoms with E-state index in [1.165, 1.54) is 30.5 Å². The van der Waals surface area contributed by atoms with Gasteiger partial charge in [-0.3, -0.25) is 5.32 Å². The van der Waals surface area contributed by atoms with E-state index in [1.807, 2.05) is 0 Å². The molecule has 2 unspecified atom stereocenters. The van der Waals surface area contributed by atoms with Gasteiger partial charge in [0.1, 0.15) is 12.2 Å². The van der Waals surface area contributed by atoms with Crippen LogP contribution in [0.15, 0.2) is 67.3 Å². The van der Waals surface area contributed by atoms with Crippen LogP contribution in [0.25, 0.3) is 28.1 Å². The molecule has 40 heavy (non-hydrogen) atoms. The number of pyridine rings is 1. The molecule has 202 valence electrons. The number of nitrogens with one attached hydrogen (secondary N) is 2. The molecule has 1 aliphatic carbocycles. The van der Waals surface area contributed by atoms with Crippen molar-refractivity contribution in [1.29, 1.82) is 0 Å². The number of carbonyl (C=O) groups is 1. The molecule has 6 rings (SSSR count). The molecule has 5 aromatic rings. The second-order valence-electron chi connectivity index (χ2n) is 9.19. The number of aromatic amines is 1. The fourth-order valence-corrected chi connectivity index (χ4v) is 5.07. The molecule has 3 aromatic heterocycles. The fraction of sp³-hybridized carbons (Fsp3) is 0.154. The van der Waals surface area contributed by atoms with Crippen LogP contribution in [-0.4, -0.2) is 53.6 Å². The molecule has 2 atom stereocenters. The SMILES string of the molecule is COC(=O)Nc1ccc(-c2cnc(C3(O)CC(O)c4cc(-c5cc(Cl)ccc5-n5cnnn5)c[n+]([O-])c43)[nH]2)cc1. The summed E-state index contributed by atoms with van der Waals surface area (Å²) in [5.41, 5.74) is 1.74. The average molecular weight is 561 g/mol. The number of H-pyrrole nitrogens is 1. The Morgan fingerprint density at radius 1 is 1.25 bits per heavy atom. The summed E-state index contributed by atoms with van der Waals surface area (Å²) in [5, 5.41) is 50.4. The smallest absolute Gasteiger partial charge is 0.411 e. The summed E-state index contributed by atoms with van der Waals surface area (Å²) in [6.45, 7) is 0. The number of aromatic nitrogens is 7. The molecular weight excluding hydrogens is 540 g/mol. The second-order valence-corrected chi connectivity index (χ2v) is 9.63. The van der Waals surface area contributed by atoms with E-state index in [0.717, 1.165) is 5.56 Å². The number of nitrogens with zero attached hydrogens (tertiary/aromatic N) is 6.